The van der Waals surface area contributed by atoms with E-state index in [0.717, 1.165) is 11.9 Å². The van der Waals surface area contributed by atoms with Crippen LogP contribution in [0.2, 0.25) is 0 Å². The van der Waals surface area contributed by atoms with Crippen LogP contribution in [0.4, 0.5) is 16.0 Å². The molecule has 8 rings (SSSR count). The molecule has 3 aromatic heterocycles. The third kappa shape index (κ3) is 2.19. The molecule has 1 spiro atoms. The predicted octanol–water partition coefficient (Wildman–Crippen LogP) is 3.49. The van der Waals surface area contributed by atoms with E-state index in [1.165, 1.54) is 30.5 Å². The van der Waals surface area contributed by atoms with Gasteiger partial charge in [-0.25, -0.2) is 19.3 Å². The van der Waals surface area contributed by atoms with E-state index in [1.807, 2.05) is 17.4 Å². The summed E-state index contributed by atoms with van der Waals surface area (Å²) in [6.07, 6.45) is 4.76. The molecule has 198 valence electrons. The van der Waals surface area contributed by atoms with Crippen LogP contribution in [0, 0.1) is 51.6 Å². The van der Waals surface area contributed by atoms with Gasteiger partial charge < -0.3 is 16.2 Å². The number of rotatable bonds is 5. The quantitative estimate of drug-likeness (QED) is 0.350. The van der Waals surface area contributed by atoms with Crippen molar-refractivity contribution < 1.29 is 19.1 Å². The Morgan fingerprint density at radius 1 is 1.18 bits per heavy atom. The van der Waals surface area contributed by atoms with Crippen molar-refractivity contribution in [3.63, 3.8) is 0 Å². The predicted molar refractivity (Wildman–Crippen MR) is 139 cm³/mol. The maximum atomic E-state index is 15.6. The van der Waals surface area contributed by atoms with Crippen LogP contribution < -0.4 is 11.1 Å². The number of benzene rings is 1. The van der Waals surface area contributed by atoms with Gasteiger partial charge in [0, 0.05) is 35.1 Å². The zero-order valence-electron chi connectivity index (χ0n) is 21.4. The number of carboxylic acid groups (broad SMARTS) is 1. The number of nitrogens with one attached hydrogen (secondary N) is 1. The van der Waals surface area contributed by atoms with Crippen LogP contribution in [0.25, 0.3) is 16.8 Å². The Bertz CT molecular complexity index is 1910. The number of hydrogen-bond donors (Lipinski definition) is 3. The fourth-order valence-corrected chi connectivity index (χ4v) is 9.21. The molecule has 0 aliphatic heterocycles. The minimum absolute atomic E-state index is 0.0342. The number of nitrogens with zero attached hydrogens (tertiary/aromatic N) is 5. The van der Waals surface area contributed by atoms with Crippen LogP contribution in [0.1, 0.15) is 35.6 Å². The number of nitriles is 1. The zero-order valence-corrected chi connectivity index (χ0v) is 21.4. The number of hydrogen-bond acceptors (Lipinski definition) is 7. The summed E-state index contributed by atoms with van der Waals surface area (Å²) in [4.78, 5) is 38.1. The van der Waals surface area contributed by atoms with Gasteiger partial charge in [0.15, 0.2) is 0 Å². The van der Waals surface area contributed by atoms with Crippen LogP contribution in [0.5, 0.6) is 0 Å². The Hall–Kier alpha value is -4.85. The third-order valence-electron chi connectivity index (χ3n) is 10.4. The highest BCUT2D eigenvalue weighted by Crippen LogP contribution is 3.14. The molecule has 4 aromatic rings. The van der Waals surface area contributed by atoms with Crippen molar-refractivity contribution in [1.82, 2.24) is 19.4 Å². The fraction of sp³-hybridized carbons (Fsp3) is 0.310. The van der Waals surface area contributed by atoms with Gasteiger partial charge in [-0.05, 0) is 66.3 Å². The van der Waals surface area contributed by atoms with Crippen molar-refractivity contribution in [3.8, 4) is 17.3 Å². The molecule has 10 nitrogen and oxygen atoms in total. The standard InChI is InChI=1S/C29H22FN7O3/c1-12-20-27(2,26(39)40)21-22-28(12,29(20,21)22)25-36-18(19-23(32)34-7-8-37(19)25)15-4-3-14(10-16(15)30)24(38)35-17-9-13(11-31)5-6-33-17/h3-10,12,20-22H,1-2H3,(H2,32,34)(H,39,40)(H,33,35,38)/t12?,20?,21?,22?,27?,28?,29-/m0/s1. The first-order valence-corrected chi connectivity index (χ1v) is 13.0. The highest BCUT2D eigenvalue weighted by molar-refractivity contribution is 6.04. The lowest BCUT2D eigenvalue weighted by atomic mass is 9.34. The minimum Gasteiger partial charge on any atom is -0.481 e. The van der Waals surface area contributed by atoms with Gasteiger partial charge in [-0.15, -0.1) is 0 Å². The molecule has 3 heterocycles. The summed E-state index contributed by atoms with van der Waals surface area (Å²) in [6.45, 7) is 3.96. The van der Waals surface area contributed by atoms with E-state index in [9.17, 15) is 14.7 Å². The number of imidazole rings is 1. The lowest BCUT2D eigenvalue weighted by Gasteiger charge is -2.68. The number of anilines is 2. The van der Waals surface area contributed by atoms with Crippen molar-refractivity contribution in [2.45, 2.75) is 19.3 Å². The van der Waals surface area contributed by atoms with Gasteiger partial charge in [0.2, 0.25) is 0 Å². The van der Waals surface area contributed by atoms with Crippen molar-refractivity contribution in [3.05, 3.63) is 71.7 Å². The summed E-state index contributed by atoms with van der Waals surface area (Å²) in [5, 5.41) is 21.6. The molecule has 0 radical (unpaired) electrons. The highest BCUT2D eigenvalue weighted by atomic mass is 19.1. The van der Waals surface area contributed by atoms with Crippen LogP contribution in [-0.2, 0) is 10.2 Å². The maximum absolute atomic E-state index is 15.6. The topological polar surface area (TPSA) is 159 Å². The molecular formula is C29H22FN7O3. The molecule has 1 aromatic carbocycles. The molecule has 4 fully saturated rings. The van der Waals surface area contributed by atoms with Crippen molar-refractivity contribution in [1.29, 1.82) is 5.26 Å². The first kappa shape index (κ1) is 23.1. The third-order valence-corrected chi connectivity index (χ3v) is 10.4. The summed E-state index contributed by atoms with van der Waals surface area (Å²) in [5.74, 6) is -0.209. The number of carbonyl (C=O) groups excluding carboxylic acids is 1. The summed E-state index contributed by atoms with van der Waals surface area (Å²) in [6, 6.07) is 9.03. The van der Waals surface area contributed by atoms with Crippen LogP contribution in [0.15, 0.2) is 48.9 Å². The number of fused-ring (bicyclic) bond motifs is 3. The Balaban J connectivity index is 1.17. The Kier molecular flexibility index (Phi) is 3.94. The van der Waals surface area contributed by atoms with Gasteiger partial charge in [0.1, 0.15) is 34.5 Å². The average Bonchev–Trinajstić information content (AvgIpc) is 3.68. The number of halogens is 1. The second kappa shape index (κ2) is 6.83. The normalized spacial score (nSPS) is 33.5. The summed E-state index contributed by atoms with van der Waals surface area (Å²) in [7, 11) is 0. The lowest BCUT2D eigenvalue weighted by Crippen LogP contribution is -2.71. The van der Waals surface area contributed by atoms with Gasteiger partial charge in [0.25, 0.3) is 5.91 Å². The number of carboxylic acids is 1. The van der Waals surface area contributed by atoms with Gasteiger partial charge in [0.05, 0.1) is 17.0 Å². The first-order chi connectivity index (χ1) is 19.1. The lowest BCUT2D eigenvalue weighted by molar-refractivity contribution is -0.221. The molecule has 4 aliphatic carbocycles. The molecule has 4 saturated carbocycles. The second-order valence-electron chi connectivity index (χ2n) is 11.6. The van der Waals surface area contributed by atoms with Crippen LogP contribution in [-0.4, -0.2) is 36.3 Å². The zero-order chi connectivity index (χ0) is 27.9. The number of carbonyl (C=O) groups is 2. The molecule has 7 atom stereocenters. The van der Waals surface area contributed by atoms with E-state index in [-0.39, 0.29) is 57.3 Å². The molecule has 0 saturated heterocycles. The van der Waals surface area contributed by atoms with Gasteiger partial charge >= 0.3 is 5.97 Å². The Morgan fingerprint density at radius 3 is 2.65 bits per heavy atom. The molecule has 11 heteroatoms. The molecule has 40 heavy (non-hydrogen) atoms. The second-order valence-corrected chi connectivity index (χ2v) is 11.6. The molecule has 4 N–H and O–H groups in total. The van der Waals surface area contributed by atoms with Gasteiger partial charge in [-0.3, -0.25) is 14.0 Å². The van der Waals surface area contributed by atoms with Crippen LogP contribution >= 0.6 is 0 Å². The molecule has 0 bridgehead atoms. The molecular weight excluding hydrogens is 513 g/mol. The van der Waals surface area contributed by atoms with Crippen molar-refractivity contribution in [2.75, 3.05) is 11.1 Å². The number of pyridine rings is 1. The van der Waals surface area contributed by atoms with Gasteiger partial charge in [-0.1, -0.05) is 6.92 Å². The van der Waals surface area contributed by atoms with Gasteiger partial charge in [-0.2, -0.15) is 5.26 Å². The number of aromatic nitrogens is 4. The molecule has 1 amide bonds. The summed E-state index contributed by atoms with van der Waals surface area (Å²) >= 11 is 0. The SMILES string of the molecule is CC1C2C(C)(C(=O)O)C3C4C1(c1nc(-c5ccc(C(=O)Nc6cc(C#N)ccn6)cc5F)c5c(N)nccn15)[C@@]234. The largest absolute Gasteiger partial charge is 0.481 e. The smallest absolute Gasteiger partial charge is 0.309 e. The summed E-state index contributed by atoms with van der Waals surface area (Å²) in [5.41, 5.74) is 6.72. The highest BCUT2D eigenvalue weighted by Gasteiger charge is 3.16. The van der Waals surface area contributed by atoms with Crippen molar-refractivity contribution >= 4 is 29.0 Å². The molecule has 6 unspecified atom stereocenters. The van der Waals surface area contributed by atoms with E-state index < -0.39 is 23.1 Å². The monoisotopic (exact) mass is 535 g/mol. The number of aliphatic carboxylic acids is 1. The summed E-state index contributed by atoms with van der Waals surface area (Å²) < 4.78 is 17.5. The number of nitrogens with two attached hydrogens (primary N) is 1. The maximum Gasteiger partial charge on any atom is 0.309 e. The van der Waals surface area contributed by atoms with Crippen molar-refractivity contribution in [2.24, 2.45) is 34.5 Å². The minimum atomic E-state index is -0.734. The molecule has 4 aliphatic rings. The number of amides is 1. The number of nitrogen functional groups attached to an aromatic ring is 1. The van der Waals surface area contributed by atoms with E-state index in [4.69, 9.17) is 16.0 Å². The Labute approximate surface area is 226 Å². The van der Waals surface area contributed by atoms with E-state index in [2.05, 4.69) is 22.2 Å². The van der Waals surface area contributed by atoms with E-state index >= 15 is 4.39 Å². The van der Waals surface area contributed by atoms with Crippen LogP contribution in [0.3, 0.4) is 0 Å². The van der Waals surface area contributed by atoms with E-state index in [1.54, 1.807) is 12.4 Å². The van der Waals surface area contributed by atoms with E-state index in [0.29, 0.717) is 16.8 Å². The average molecular weight is 536 g/mol. The first-order valence-electron chi connectivity index (χ1n) is 13.0. The Morgan fingerprint density at radius 2 is 1.98 bits per heavy atom. The fourth-order valence-electron chi connectivity index (χ4n) is 9.21.